The zero-order chi connectivity index (χ0) is 18.3. The number of anilines is 1. The number of carbonyl (C=O) groups excluding carboxylic acids is 1. The van der Waals surface area contributed by atoms with Crippen molar-refractivity contribution in [2.45, 2.75) is 57.1 Å². The minimum atomic E-state index is -0.299. The fourth-order valence-corrected chi connectivity index (χ4v) is 5.65. The van der Waals surface area contributed by atoms with E-state index in [2.05, 4.69) is 30.7 Å². The molecular weight excluding hydrogens is 418 g/mol. The van der Waals surface area contributed by atoms with Crippen molar-refractivity contribution in [2.24, 2.45) is 5.41 Å². The molecule has 0 aromatic carbocycles. The molecule has 1 atom stereocenters. The topological polar surface area (TPSA) is 56.7 Å². The first kappa shape index (κ1) is 18.5. The van der Waals surface area contributed by atoms with Crippen molar-refractivity contribution >= 4 is 39.3 Å². The summed E-state index contributed by atoms with van der Waals surface area (Å²) in [5.41, 5.74) is -0.299. The predicted octanol–water partition coefficient (Wildman–Crippen LogP) is 3.62. The molecule has 1 amide bonds. The molecule has 142 valence electrons. The van der Waals surface area contributed by atoms with E-state index in [1.165, 1.54) is 0 Å². The van der Waals surface area contributed by atoms with Gasteiger partial charge in [-0.25, -0.2) is 4.98 Å². The summed E-state index contributed by atoms with van der Waals surface area (Å²) in [5.74, 6) is 1.08. The monoisotopic (exact) mass is 441 g/mol. The first-order valence-corrected chi connectivity index (χ1v) is 10.7. The van der Waals surface area contributed by atoms with Gasteiger partial charge in [-0.15, -0.1) is 0 Å². The Labute approximate surface area is 167 Å². The number of carbonyl (C=O) groups is 1. The summed E-state index contributed by atoms with van der Waals surface area (Å²) in [4.78, 5) is 22.1. The van der Waals surface area contributed by atoms with E-state index in [1.807, 2.05) is 6.07 Å². The maximum Gasteiger partial charge on any atom is 0.230 e. The number of pyridine rings is 1. The number of amides is 1. The Morgan fingerprint density at radius 1 is 1.23 bits per heavy atom. The van der Waals surface area contributed by atoms with Crippen LogP contribution in [0.2, 0.25) is 5.02 Å². The van der Waals surface area contributed by atoms with Crippen LogP contribution >= 0.6 is 27.5 Å². The van der Waals surface area contributed by atoms with Crippen molar-refractivity contribution in [3.05, 3.63) is 21.8 Å². The van der Waals surface area contributed by atoms with Crippen LogP contribution in [0, 0.1) is 5.41 Å². The van der Waals surface area contributed by atoms with Crippen LogP contribution in [-0.4, -0.2) is 52.7 Å². The Balaban J connectivity index is 1.50. The Bertz CT molecular complexity index is 695. The van der Waals surface area contributed by atoms with Crippen molar-refractivity contribution in [2.75, 3.05) is 24.5 Å². The number of hydrogen-bond donors (Lipinski definition) is 1. The molecule has 1 saturated carbocycles. The molecule has 2 aliphatic heterocycles. The molecule has 2 saturated heterocycles. The molecule has 3 fully saturated rings. The first-order valence-electron chi connectivity index (χ1n) is 9.54. The fourth-order valence-electron chi connectivity index (χ4n) is 4.90. The summed E-state index contributed by atoms with van der Waals surface area (Å²) >= 11 is 9.81. The second-order valence-electron chi connectivity index (χ2n) is 7.98. The summed E-state index contributed by atoms with van der Waals surface area (Å²) < 4.78 is 0.862. The van der Waals surface area contributed by atoms with Gasteiger partial charge in [-0.1, -0.05) is 11.6 Å². The largest absolute Gasteiger partial charge is 0.393 e. The van der Waals surface area contributed by atoms with E-state index in [9.17, 15) is 9.90 Å². The molecule has 0 radical (unpaired) electrons. The molecule has 5 nitrogen and oxygen atoms in total. The molecule has 3 heterocycles. The predicted molar refractivity (Wildman–Crippen MR) is 105 cm³/mol. The highest BCUT2D eigenvalue weighted by molar-refractivity contribution is 9.10. The van der Waals surface area contributed by atoms with Crippen LogP contribution in [-0.2, 0) is 4.79 Å². The molecule has 1 spiro atoms. The van der Waals surface area contributed by atoms with Gasteiger partial charge in [0, 0.05) is 36.3 Å². The molecule has 7 heteroatoms. The molecule has 0 bridgehead atoms. The number of halogens is 2. The lowest BCUT2D eigenvalue weighted by atomic mass is 9.78. The van der Waals surface area contributed by atoms with Crippen LogP contribution in [0.5, 0.6) is 0 Å². The van der Waals surface area contributed by atoms with Gasteiger partial charge in [-0.3, -0.25) is 4.79 Å². The van der Waals surface area contributed by atoms with Crippen molar-refractivity contribution in [1.82, 2.24) is 9.88 Å². The minimum Gasteiger partial charge on any atom is -0.393 e. The molecule has 1 unspecified atom stereocenters. The number of rotatable bonds is 2. The summed E-state index contributed by atoms with van der Waals surface area (Å²) in [6.07, 6.45) is 7.89. The van der Waals surface area contributed by atoms with Gasteiger partial charge in [-0.2, -0.15) is 0 Å². The van der Waals surface area contributed by atoms with Gasteiger partial charge in [0.15, 0.2) is 0 Å². The van der Waals surface area contributed by atoms with Crippen LogP contribution < -0.4 is 4.90 Å². The second kappa shape index (κ2) is 7.28. The van der Waals surface area contributed by atoms with Crippen molar-refractivity contribution in [1.29, 1.82) is 0 Å². The lowest BCUT2D eigenvalue weighted by molar-refractivity contribution is -0.139. The van der Waals surface area contributed by atoms with Crippen LogP contribution in [0.3, 0.4) is 0 Å². The molecule has 3 aliphatic rings. The maximum absolute atomic E-state index is 13.4. The van der Waals surface area contributed by atoms with E-state index in [-0.39, 0.29) is 11.5 Å². The normalized spacial score (nSPS) is 32.5. The quantitative estimate of drug-likeness (QED) is 0.760. The fraction of sp³-hybridized carbons (Fsp3) is 0.684. The first-order chi connectivity index (χ1) is 12.5. The van der Waals surface area contributed by atoms with Crippen molar-refractivity contribution < 1.29 is 9.90 Å². The highest BCUT2D eigenvalue weighted by Gasteiger charge is 2.50. The summed E-state index contributed by atoms with van der Waals surface area (Å²) in [7, 11) is 0. The molecular formula is C19H25BrClN3O2. The van der Waals surface area contributed by atoms with Gasteiger partial charge in [-0.05, 0) is 66.9 Å². The van der Waals surface area contributed by atoms with Crippen LogP contribution in [0.15, 0.2) is 16.7 Å². The zero-order valence-corrected chi connectivity index (χ0v) is 17.2. The molecule has 1 aliphatic carbocycles. The zero-order valence-electron chi connectivity index (χ0n) is 14.8. The van der Waals surface area contributed by atoms with Gasteiger partial charge in [0.05, 0.1) is 16.5 Å². The SMILES string of the molecule is O=C1N([C@H]2CC[C@@H](O)CC2)CCC12CCCN(c1ncc(Br)cc1Cl)C2. The van der Waals surface area contributed by atoms with E-state index in [1.54, 1.807) is 6.20 Å². The van der Waals surface area contributed by atoms with Crippen molar-refractivity contribution in [3.63, 3.8) is 0 Å². The third-order valence-corrected chi connectivity index (χ3v) is 7.03. The maximum atomic E-state index is 13.4. The van der Waals surface area contributed by atoms with E-state index in [0.717, 1.165) is 68.3 Å². The average Bonchev–Trinajstić information content (AvgIpc) is 2.92. The lowest BCUT2D eigenvalue weighted by Crippen LogP contribution is -2.50. The van der Waals surface area contributed by atoms with Crippen LogP contribution in [0.25, 0.3) is 0 Å². The summed E-state index contributed by atoms with van der Waals surface area (Å²) in [6.45, 7) is 2.43. The Morgan fingerprint density at radius 3 is 2.73 bits per heavy atom. The van der Waals surface area contributed by atoms with Crippen LogP contribution in [0.4, 0.5) is 5.82 Å². The van der Waals surface area contributed by atoms with E-state index >= 15 is 0 Å². The highest BCUT2D eigenvalue weighted by atomic mass is 79.9. The summed E-state index contributed by atoms with van der Waals surface area (Å²) in [5, 5.41) is 10.4. The third kappa shape index (κ3) is 3.36. The van der Waals surface area contributed by atoms with E-state index < -0.39 is 0 Å². The Morgan fingerprint density at radius 2 is 2.00 bits per heavy atom. The number of nitrogens with zero attached hydrogens (tertiary/aromatic N) is 3. The molecule has 1 aromatic heterocycles. The molecule has 26 heavy (non-hydrogen) atoms. The van der Waals surface area contributed by atoms with E-state index in [4.69, 9.17) is 11.6 Å². The number of piperidine rings is 1. The van der Waals surface area contributed by atoms with Gasteiger partial charge >= 0.3 is 0 Å². The van der Waals surface area contributed by atoms with Gasteiger partial charge in [0.25, 0.3) is 0 Å². The second-order valence-corrected chi connectivity index (χ2v) is 9.30. The summed E-state index contributed by atoms with van der Waals surface area (Å²) in [6, 6.07) is 2.16. The van der Waals surface area contributed by atoms with Crippen molar-refractivity contribution in [3.8, 4) is 0 Å². The Hall–Kier alpha value is -0.850. The number of aromatic nitrogens is 1. The van der Waals surface area contributed by atoms with Gasteiger partial charge < -0.3 is 14.9 Å². The standard InChI is InChI=1S/C19H25BrClN3O2/c20-13-10-16(21)17(22-11-13)23-8-1-6-19(12-23)7-9-24(18(19)26)14-2-4-15(25)5-3-14/h10-11,14-15,25H,1-9,12H2/t14-,15+,19?. The van der Waals surface area contributed by atoms with Gasteiger partial charge in [0.2, 0.25) is 5.91 Å². The molecule has 1 N–H and O–H groups in total. The molecule has 1 aromatic rings. The lowest BCUT2D eigenvalue weighted by Gasteiger charge is -2.41. The number of likely N-dealkylation sites (tertiary alicyclic amines) is 1. The van der Waals surface area contributed by atoms with E-state index in [0.29, 0.717) is 23.5 Å². The highest BCUT2D eigenvalue weighted by Crippen LogP contribution is 2.44. The van der Waals surface area contributed by atoms with Gasteiger partial charge in [0.1, 0.15) is 5.82 Å². The van der Waals surface area contributed by atoms with Crippen LogP contribution in [0.1, 0.15) is 44.9 Å². The number of hydrogen-bond acceptors (Lipinski definition) is 4. The molecule has 4 rings (SSSR count). The average molecular weight is 443 g/mol. The third-order valence-electron chi connectivity index (χ3n) is 6.32. The Kier molecular flexibility index (Phi) is 5.19. The number of aliphatic hydroxyl groups excluding tert-OH is 1. The minimum absolute atomic E-state index is 0.186. The smallest absolute Gasteiger partial charge is 0.230 e. The number of aliphatic hydroxyl groups is 1.